The van der Waals surface area contributed by atoms with E-state index in [0.717, 1.165) is 17.3 Å². The molecule has 0 aliphatic carbocycles. The fourth-order valence-electron chi connectivity index (χ4n) is 2.96. The number of aromatic nitrogens is 2. The van der Waals surface area contributed by atoms with E-state index in [1.807, 2.05) is 31.2 Å². The zero-order chi connectivity index (χ0) is 16.4. The highest BCUT2D eigenvalue weighted by molar-refractivity contribution is 6.04. The number of carbonyl (C=O) groups is 1. The fraction of sp³-hybridized carbons (Fsp3) is 0.500. The van der Waals surface area contributed by atoms with Crippen LogP contribution < -0.4 is 0 Å². The largest absolute Gasteiger partial charge is 0.388 e. The van der Waals surface area contributed by atoms with Crippen molar-refractivity contribution in [3.63, 3.8) is 0 Å². The van der Waals surface area contributed by atoms with Gasteiger partial charge in [-0.15, -0.1) is 0 Å². The number of nitrogens with zero attached hydrogens (tertiary/aromatic N) is 2. The predicted octanol–water partition coefficient (Wildman–Crippen LogP) is 0.536. The highest BCUT2D eigenvalue weighted by atomic mass is 16.5. The van der Waals surface area contributed by atoms with E-state index in [1.165, 1.54) is 0 Å². The van der Waals surface area contributed by atoms with Crippen LogP contribution in [-0.2, 0) is 4.74 Å². The van der Waals surface area contributed by atoms with Crippen LogP contribution in [0.15, 0.2) is 24.3 Å². The molecule has 3 rings (SSSR count). The van der Waals surface area contributed by atoms with Gasteiger partial charge in [0, 0.05) is 11.9 Å². The molecule has 23 heavy (non-hydrogen) atoms. The molecule has 1 fully saturated rings. The Bertz CT molecular complexity index is 687. The third-order valence-electron chi connectivity index (χ3n) is 4.16. The maximum atomic E-state index is 13.0. The van der Waals surface area contributed by atoms with Gasteiger partial charge in [-0.2, -0.15) is 5.10 Å². The lowest BCUT2D eigenvalue weighted by molar-refractivity contribution is -0.125. The van der Waals surface area contributed by atoms with Crippen LogP contribution in [-0.4, -0.2) is 69.2 Å². The van der Waals surface area contributed by atoms with Gasteiger partial charge in [0.15, 0.2) is 5.69 Å². The van der Waals surface area contributed by atoms with Crippen LogP contribution in [0.3, 0.4) is 0 Å². The SMILES string of the molecule is CCCN(C(=O)c1n[nH]c2ccccc12)[C@@H]1COC[C@@H](O)[C@H]1O. The van der Waals surface area contributed by atoms with Crippen molar-refractivity contribution in [2.24, 2.45) is 0 Å². The molecule has 0 saturated carbocycles. The molecular formula is C16H21N3O4. The number of benzene rings is 1. The Morgan fingerprint density at radius 1 is 1.39 bits per heavy atom. The van der Waals surface area contributed by atoms with Crippen LogP contribution in [0, 0.1) is 0 Å². The number of hydrogen-bond acceptors (Lipinski definition) is 5. The van der Waals surface area contributed by atoms with Gasteiger partial charge < -0.3 is 19.8 Å². The quantitative estimate of drug-likeness (QED) is 0.764. The van der Waals surface area contributed by atoms with Crippen LogP contribution >= 0.6 is 0 Å². The molecular weight excluding hydrogens is 298 g/mol. The summed E-state index contributed by atoms with van der Waals surface area (Å²) in [5, 5.41) is 27.8. The first-order valence-corrected chi connectivity index (χ1v) is 7.81. The average Bonchev–Trinajstić information content (AvgIpc) is 2.99. The second-order valence-corrected chi connectivity index (χ2v) is 5.78. The van der Waals surface area contributed by atoms with Crippen molar-refractivity contribution in [3.8, 4) is 0 Å². The van der Waals surface area contributed by atoms with Crippen LogP contribution in [0.5, 0.6) is 0 Å². The number of aliphatic hydroxyl groups excluding tert-OH is 2. The maximum Gasteiger partial charge on any atom is 0.275 e. The van der Waals surface area contributed by atoms with E-state index in [9.17, 15) is 15.0 Å². The normalized spacial score (nSPS) is 24.7. The molecule has 0 bridgehead atoms. The zero-order valence-corrected chi connectivity index (χ0v) is 13.0. The number of aromatic amines is 1. The van der Waals surface area contributed by atoms with Crippen molar-refractivity contribution in [2.75, 3.05) is 19.8 Å². The molecule has 7 nitrogen and oxygen atoms in total. The van der Waals surface area contributed by atoms with E-state index in [4.69, 9.17) is 4.74 Å². The Hall–Kier alpha value is -1.96. The minimum Gasteiger partial charge on any atom is -0.388 e. The van der Waals surface area contributed by atoms with Crippen LogP contribution in [0.25, 0.3) is 10.9 Å². The van der Waals surface area contributed by atoms with Crippen LogP contribution in [0.4, 0.5) is 0 Å². The van der Waals surface area contributed by atoms with Gasteiger partial charge in [-0.25, -0.2) is 0 Å². The number of amides is 1. The second-order valence-electron chi connectivity index (χ2n) is 5.78. The first-order valence-electron chi connectivity index (χ1n) is 7.81. The molecule has 2 aromatic rings. The summed E-state index contributed by atoms with van der Waals surface area (Å²) in [7, 11) is 0. The van der Waals surface area contributed by atoms with Gasteiger partial charge >= 0.3 is 0 Å². The number of H-pyrrole nitrogens is 1. The summed E-state index contributed by atoms with van der Waals surface area (Å²) in [6.45, 7) is 2.69. The molecule has 1 aliphatic rings. The van der Waals surface area contributed by atoms with Crippen molar-refractivity contribution in [1.82, 2.24) is 15.1 Å². The summed E-state index contributed by atoms with van der Waals surface area (Å²) in [6.07, 6.45) is -1.28. The summed E-state index contributed by atoms with van der Waals surface area (Å²) in [5.74, 6) is -0.272. The average molecular weight is 319 g/mol. The van der Waals surface area contributed by atoms with Gasteiger partial charge in [0.2, 0.25) is 0 Å². The number of para-hydroxylation sites is 1. The molecule has 3 atom stereocenters. The Kier molecular flexibility index (Phi) is 4.61. The minimum atomic E-state index is -1.02. The number of hydrogen-bond donors (Lipinski definition) is 3. The Balaban J connectivity index is 1.92. The van der Waals surface area contributed by atoms with E-state index in [1.54, 1.807) is 4.90 Å². The Morgan fingerprint density at radius 2 is 2.17 bits per heavy atom. The molecule has 0 spiro atoms. The molecule has 0 unspecified atom stereocenters. The van der Waals surface area contributed by atoms with Gasteiger partial charge in [0.25, 0.3) is 5.91 Å². The first-order chi connectivity index (χ1) is 11.1. The molecule has 1 amide bonds. The molecule has 7 heteroatoms. The van der Waals surface area contributed by atoms with E-state index >= 15 is 0 Å². The van der Waals surface area contributed by atoms with Crippen LogP contribution in [0.2, 0.25) is 0 Å². The van der Waals surface area contributed by atoms with Crippen molar-refractivity contribution < 1.29 is 19.7 Å². The molecule has 0 radical (unpaired) electrons. The molecule has 3 N–H and O–H groups in total. The van der Waals surface area contributed by atoms with Gasteiger partial charge in [0.05, 0.1) is 24.8 Å². The smallest absolute Gasteiger partial charge is 0.275 e. The lowest BCUT2D eigenvalue weighted by Gasteiger charge is -2.39. The van der Waals surface area contributed by atoms with Gasteiger partial charge in [-0.1, -0.05) is 25.1 Å². The monoisotopic (exact) mass is 319 g/mol. The maximum absolute atomic E-state index is 13.0. The lowest BCUT2D eigenvalue weighted by atomic mass is 10.0. The number of carbonyl (C=O) groups excluding carboxylic acids is 1. The molecule has 1 aliphatic heterocycles. The second kappa shape index (κ2) is 6.66. The van der Waals surface area contributed by atoms with Crippen LogP contribution in [0.1, 0.15) is 23.8 Å². The summed E-state index contributed by atoms with van der Waals surface area (Å²) in [6, 6.07) is 6.82. The number of nitrogens with one attached hydrogen (secondary N) is 1. The van der Waals surface area contributed by atoms with Crippen molar-refractivity contribution in [1.29, 1.82) is 0 Å². The van der Waals surface area contributed by atoms with E-state index in [2.05, 4.69) is 10.2 Å². The molecule has 1 aromatic carbocycles. The summed E-state index contributed by atoms with van der Waals surface area (Å²) in [4.78, 5) is 14.5. The minimum absolute atomic E-state index is 0.0805. The number of aliphatic hydroxyl groups is 2. The highest BCUT2D eigenvalue weighted by Gasteiger charge is 2.38. The standard InChI is InChI=1S/C16H21N3O4/c1-2-7-19(12-8-23-9-13(20)15(12)21)16(22)14-10-5-3-4-6-11(10)17-18-14/h3-6,12-13,15,20-21H,2,7-9H2,1H3,(H,17,18)/t12-,13-,15+/m1/s1. The summed E-state index contributed by atoms with van der Waals surface area (Å²) >= 11 is 0. The van der Waals surface area contributed by atoms with Gasteiger partial charge in [-0.05, 0) is 12.5 Å². The van der Waals surface area contributed by atoms with Crippen molar-refractivity contribution >= 4 is 16.8 Å². The molecule has 124 valence electrons. The van der Waals surface area contributed by atoms with Crippen molar-refractivity contribution in [2.45, 2.75) is 31.6 Å². The summed E-state index contributed by atoms with van der Waals surface area (Å²) < 4.78 is 5.31. The Labute approximate surface area is 133 Å². The topological polar surface area (TPSA) is 98.7 Å². The predicted molar refractivity (Wildman–Crippen MR) is 84.0 cm³/mol. The third kappa shape index (κ3) is 2.95. The number of ether oxygens (including phenoxy) is 1. The lowest BCUT2D eigenvalue weighted by Crippen LogP contribution is -2.57. The zero-order valence-electron chi connectivity index (χ0n) is 13.0. The molecule has 1 aromatic heterocycles. The summed E-state index contributed by atoms with van der Waals surface area (Å²) in [5.41, 5.74) is 1.11. The highest BCUT2D eigenvalue weighted by Crippen LogP contribution is 2.21. The molecule has 2 heterocycles. The van der Waals surface area contributed by atoms with Gasteiger partial charge in [-0.3, -0.25) is 9.89 Å². The van der Waals surface area contributed by atoms with Gasteiger partial charge in [0.1, 0.15) is 12.2 Å². The van der Waals surface area contributed by atoms with Crippen molar-refractivity contribution in [3.05, 3.63) is 30.0 Å². The number of fused-ring (bicyclic) bond motifs is 1. The third-order valence-corrected chi connectivity index (χ3v) is 4.16. The first kappa shape index (κ1) is 15.9. The molecule has 1 saturated heterocycles. The van der Waals surface area contributed by atoms with E-state index in [-0.39, 0.29) is 19.1 Å². The number of rotatable bonds is 4. The van der Waals surface area contributed by atoms with E-state index < -0.39 is 18.2 Å². The Morgan fingerprint density at radius 3 is 2.96 bits per heavy atom. The van der Waals surface area contributed by atoms with E-state index in [0.29, 0.717) is 12.2 Å². The fourth-order valence-corrected chi connectivity index (χ4v) is 2.96.